The van der Waals surface area contributed by atoms with Gasteiger partial charge in [-0.25, -0.2) is 9.97 Å². The number of piperidine rings is 1. The second kappa shape index (κ2) is 8.17. The first kappa shape index (κ1) is 15.2. The average molecular weight is 278 g/mol. The van der Waals surface area contributed by atoms with Crippen LogP contribution in [0.25, 0.3) is 0 Å². The topological polar surface area (TPSA) is 50.3 Å². The first-order valence-corrected chi connectivity index (χ1v) is 7.62. The molecule has 0 spiro atoms. The van der Waals surface area contributed by atoms with Crippen LogP contribution in [0, 0.1) is 0 Å². The van der Waals surface area contributed by atoms with Crippen LogP contribution in [0.4, 0.5) is 5.82 Å². The molecule has 0 aliphatic carbocycles. The van der Waals surface area contributed by atoms with E-state index in [9.17, 15) is 0 Å². The summed E-state index contributed by atoms with van der Waals surface area (Å²) in [5.41, 5.74) is 1.12. The van der Waals surface area contributed by atoms with Crippen molar-refractivity contribution < 1.29 is 4.74 Å². The van der Waals surface area contributed by atoms with Crippen molar-refractivity contribution in [2.45, 2.75) is 38.6 Å². The van der Waals surface area contributed by atoms with E-state index in [0.29, 0.717) is 6.04 Å². The maximum atomic E-state index is 5.08. The summed E-state index contributed by atoms with van der Waals surface area (Å²) in [5.74, 6) is 1.08. The molecule has 0 aromatic carbocycles. The molecule has 2 heterocycles. The Kier molecular flexibility index (Phi) is 6.21. The number of aromatic nitrogens is 2. The number of rotatable bonds is 7. The number of nitrogens with one attached hydrogen (secondary N) is 1. The minimum atomic E-state index is 0.528. The standard InChI is InChI=1S/C15H26N4O/c1-3-13-10-15(18-12-17-13)19-8-5-4-6-14(19)11-16-7-9-20-2/h10,12,14,16H,3-9,11H2,1-2H3. The molecule has 1 aromatic heterocycles. The molecule has 1 aliphatic rings. The molecule has 1 aromatic rings. The number of methoxy groups -OCH3 is 1. The summed E-state index contributed by atoms with van der Waals surface area (Å²) >= 11 is 0. The van der Waals surface area contributed by atoms with E-state index in [-0.39, 0.29) is 0 Å². The monoisotopic (exact) mass is 278 g/mol. The van der Waals surface area contributed by atoms with Crippen molar-refractivity contribution in [3.05, 3.63) is 18.1 Å². The fraction of sp³-hybridized carbons (Fsp3) is 0.733. The summed E-state index contributed by atoms with van der Waals surface area (Å²) in [6, 6.07) is 2.66. The van der Waals surface area contributed by atoms with Gasteiger partial charge in [-0.1, -0.05) is 6.92 Å². The molecule has 1 saturated heterocycles. The molecule has 1 N–H and O–H groups in total. The SMILES string of the molecule is CCc1cc(N2CCCCC2CNCCOC)ncn1. The number of ether oxygens (including phenoxy) is 1. The van der Waals surface area contributed by atoms with Crippen molar-refractivity contribution in [3.63, 3.8) is 0 Å². The van der Waals surface area contributed by atoms with Crippen LogP contribution in [-0.2, 0) is 11.2 Å². The van der Waals surface area contributed by atoms with Crippen molar-refractivity contribution in [2.75, 3.05) is 38.3 Å². The minimum Gasteiger partial charge on any atom is -0.383 e. The highest BCUT2D eigenvalue weighted by molar-refractivity contribution is 5.41. The molecule has 5 heteroatoms. The van der Waals surface area contributed by atoms with Crippen LogP contribution in [0.3, 0.4) is 0 Å². The summed E-state index contributed by atoms with van der Waals surface area (Å²) in [4.78, 5) is 11.2. The van der Waals surface area contributed by atoms with E-state index < -0.39 is 0 Å². The van der Waals surface area contributed by atoms with Crippen LogP contribution in [0.1, 0.15) is 31.9 Å². The van der Waals surface area contributed by atoms with Gasteiger partial charge in [-0.05, 0) is 25.7 Å². The molecule has 1 unspecified atom stereocenters. The lowest BCUT2D eigenvalue weighted by Crippen LogP contribution is -2.46. The van der Waals surface area contributed by atoms with Gasteiger partial charge in [0.2, 0.25) is 0 Å². The van der Waals surface area contributed by atoms with Crippen LogP contribution < -0.4 is 10.2 Å². The number of hydrogen-bond acceptors (Lipinski definition) is 5. The van der Waals surface area contributed by atoms with Crippen LogP contribution in [0.5, 0.6) is 0 Å². The third-order valence-corrected chi connectivity index (χ3v) is 3.86. The predicted octanol–water partition coefficient (Wildman–Crippen LogP) is 1.63. The minimum absolute atomic E-state index is 0.528. The van der Waals surface area contributed by atoms with Gasteiger partial charge in [-0.3, -0.25) is 0 Å². The third kappa shape index (κ3) is 4.15. The fourth-order valence-corrected chi connectivity index (χ4v) is 2.69. The number of nitrogens with zero attached hydrogens (tertiary/aromatic N) is 3. The largest absolute Gasteiger partial charge is 0.383 e. The second-order valence-corrected chi connectivity index (χ2v) is 5.26. The summed E-state index contributed by atoms with van der Waals surface area (Å²) in [5, 5.41) is 3.47. The first-order valence-electron chi connectivity index (χ1n) is 7.62. The van der Waals surface area contributed by atoms with Gasteiger partial charge in [0.15, 0.2) is 0 Å². The second-order valence-electron chi connectivity index (χ2n) is 5.26. The summed E-state index contributed by atoms with van der Waals surface area (Å²) in [6.45, 7) is 5.89. The molecule has 0 saturated carbocycles. The molecule has 112 valence electrons. The normalized spacial score (nSPS) is 19.3. The number of anilines is 1. The maximum Gasteiger partial charge on any atom is 0.132 e. The Morgan fingerprint density at radius 2 is 2.30 bits per heavy atom. The average Bonchev–Trinajstić information content (AvgIpc) is 2.52. The zero-order valence-corrected chi connectivity index (χ0v) is 12.6. The molecule has 1 aliphatic heterocycles. The summed E-state index contributed by atoms with van der Waals surface area (Å²) in [6.07, 6.45) is 6.43. The van der Waals surface area contributed by atoms with Crippen molar-refractivity contribution in [3.8, 4) is 0 Å². The lowest BCUT2D eigenvalue weighted by molar-refractivity contribution is 0.198. The molecule has 0 radical (unpaired) electrons. The van der Waals surface area contributed by atoms with Gasteiger partial charge in [0.1, 0.15) is 12.1 Å². The molecule has 20 heavy (non-hydrogen) atoms. The zero-order chi connectivity index (χ0) is 14.2. The first-order chi connectivity index (χ1) is 9.85. The Morgan fingerprint density at radius 3 is 3.10 bits per heavy atom. The molecule has 1 atom stereocenters. The van der Waals surface area contributed by atoms with Crippen LogP contribution in [0.15, 0.2) is 12.4 Å². The van der Waals surface area contributed by atoms with E-state index in [1.165, 1.54) is 19.3 Å². The molecule has 1 fully saturated rings. The summed E-state index contributed by atoms with van der Waals surface area (Å²) in [7, 11) is 1.74. The fourth-order valence-electron chi connectivity index (χ4n) is 2.69. The van der Waals surface area contributed by atoms with Gasteiger partial charge in [-0.15, -0.1) is 0 Å². The Bertz CT molecular complexity index is 399. The zero-order valence-electron chi connectivity index (χ0n) is 12.6. The predicted molar refractivity (Wildman–Crippen MR) is 81.1 cm³/mol. The van der Waals surface area contributed by atoms with E-state index in [1.54, 1.807) is 13.4 Å². The highest BCUT2D eigenvalue weighted by Gasteiger charge is 2.23. The Hall–Kier alpha value is -1.20. The van der Waals surface area contributed by atoms with Gasteiger partial charge < -0.3 is 15.0 Å². The van der Waals surface area contributed by atoms with Gasteiger partial charge >= 0.3 is 0 Å². The third-order valence-electron chi connectivity index (χ3n) is 3.86. The Labute approximate surface area is 121 Å². The Balaban J connectivity index is 1.98. The maximum absolute atomic E-state index is 5.08. The van der Waals surface area contributed by atoms with Gasteiger partial charge in [0, 0.05) is 44.5 Å². The van der Waals surface area contributed by atoms with Gasteiger partial charge in [-0.2, -0.15) is 0 Å². The van der Waals surface area contributed by atoms with E-state index in [0.717, 1.165) is 44.2 Å². The molecular weight excluding hydrogens is 252 g/mol. The van der Waals surface area contributed by atoms with Crippen LogP contribution in [-0.4, -0.2) is 49.4 Å². The van der Waals surface area contributed by atoms with Gasteiger partial charge in [0.25, 0.3) is 0 Å². The molecule has 0 bridgehead atoms. The molecular formula is C15H26N4O. The van der Waals surface area contributed by atoms with Crippen LogP contribution in [0.2, 0.25) is 0 Å². The van der Waals surface area contributed by atoms with E-state index in [1.807, 2.05) is 0 Å². The summed E-state index contributed by atoms with van der Waals surface area (Å²) < 4.78 is 5.08. The van der Waals surface area contributed by atoms with Crippen molar-refractivity contribution in [2.24, 2.45) is 0 Å². The van der Waals surface area contributed by atoms with E-state index in [2.05, 4.69) is 33.2 Å². The molecule has 0 amide bonds. The lowest BCUT2D eigenvalue weighted by atomic mass is 10.0. The number of hydrogen-bond donors (Lipinski definition) is 1. The van der Waals surface area contributed by atoms with E-state index in [4.69, 9.17) is 4.74 Å². The highest BCUT2D eigenvalue weighted by Crippen LogP contribution is 2.23. The van der Waals surface area contributed by atoms with E-state index >= 15 is 0 Å². The highest BCUT2D eigenvalue weighted by atomic mass is 16.5. The quantitative estimate of drug-likeness (QED) is 0.768. The van der Waals surface area contributed by atoms with Crippen molar-refractivity contribution >= 4 is 5.82 Å². The number of aryl methyl sites for hydroxylation is 1. The van der Waals surface area contributed by atoms with Crippen molar-refractivity contribution in [1.29, 1.82) is 0 Å². The van der Waals surface area contributed by atoms with Crippen LogP contribution >= 0.6 is 0 Å². The smallest absolute Gasteiger partial charge is 0.132 e. The van der Waals surface area contributed by atoms with Gasteiger partial charge in [0.05, 0.1) is 6.61 Å². The van der Waals surface area contributed by atoms with Crippen molar-refractivity contribution in [1.82, 2.24) is 15.3 Å². The lowest BCUT2D eigenvalue weighted by Gasteiger charge is -2.37. The Morgan fingerprint density at radius 1 is 1.40 bits per heavy atom. The molecule has 2 rings (SSSR count). The molecule has 5 nitrogen and oxygen atoms in total.